The lowest BCUT2D eigenvalue weighted by molar-refractivity contribution is -0.129. The number of hydrogen-bond acceptors (Lipinski definition) is 3. The fourth-order valence-corrected chi connectivity index (χ4v) is 3.24. The van der Waals surface area contributed by atoms with E-state index in [0.717, 1.165) is 31.5 Å². The van der Waals surface area contributed by atoms with Crippen molar-refractivity contribution in [2.24, 2.45) is 5.92 Å². The number of carbonyl (C=O) groups excluding carboxylic acids is 2. The lowest BCUT2D eigenvalue weighted by Crippen LogP contribution is -2.33. The summed E-state index contributed by atoms with van der Waals surface area (Å²) < 4.78 is 0. The zero-order valence-electron chi connectivity index (χ0n) is 14.6. The summed E-state index contributed by atoms with van der Waals surface area (Å²) in [6.45, 7) is 5.17. The van der Waals surface area contributed by atoms with Crippen LogP contribution in [0.2, 0.25) is 0 Å². The third kappa shape index (κ3) is 4.15. The molecule has 1 aliphatic carbocycles. The van der Waals surface area contributed by atoms with Gasteiger partial charge in [-0.05, 0) is 37.6 Å². The maximum Gasteiger partial charge on any atom is 0.225 e. The number of likely N-dealkylation sites (tertiary alicyclic amines) is 1. The first-order valence-electron chi connectivity index (χ1n) is 8.90. The van der Waals surface area contributed by atoms with Gasteiger partial charge in [0.25, 0.3) is 0 Å². The molecule has 1 aromatic carbocycles. The molecular weight excluding hydrogens is 302 g/mol. The molecule has 130 valence electrons. The second-order valence-electron chi connectivity index (χ2n) is 7.05. The number of carbonyl (C=O) groups is 2. The van der Waals surface area contributed by atoms with Crippen LogP contribution in [-0.4, -0.2) is 47.8 Å². The molecule has 1 aromatic rings. The monoisotopic (exact) mass is 329 g/mol. The Balaban J connectivity index is 1.51. The number of amides is 2. The molecule has 1 saturated carbocycles. The zero-order chi connectivity index (χ0) is 17.1. The number of nitrogens with one attached hydrogen (secondary N) is 1. The van der Waals surface area contributed by atoms with E-state index in [4.69, 9.17) is 0 Å². The van der Waals surface area contributed by atoms with Crippen molar-refractivity contribution in [2.45, 2.75) is 45.3 Å². The normalized spacial score (nSPS) is 20.7. The van der Waals surface area contributed by atoms with Crippen molar-refractivity contribution in [3.05, 3.63) is 35.4 Å². The summed E-state index contributed by atoms with van der Waals surface area (Å²) >= 11 is 0. The van der Waals surface area contributed by atoms with E-state index in [1.807, 2.05) is 17.0 Å². The van der Waals surface area contributed by atoms with Crippen LogP contribution in [0.15, 0.2) is 24.3 Å². The SMILES string of the molecule is CCN(C)Cc1cccc(CNC(=O)[C@H]2CC(=O)N(C3CC3)C2)c1. The van der Waals surface area contributed by atoms with E-state index in [-0.39, 0.29) is 17.7 Å². The summed E-state index contributed by atoms with van der Waals surface area (Å²) in [5.74, 6) is -0.0441. The van der Waals surface area contributed by atoms with Crippen LogP contribution in [0, 0.1) is 5.92 Å². The topological polar surface area (TPSA) is 52.7 Å². The summed E-state index contributed by atoms with van der Waals surface area (Å²) in [7, 11) is 2.09. The van der Waals surface area contributed by atoms with E-state index in [9.17, 15) is 9.59 Å². The van der Waals surface area contributed by atoms with E-state index in [1.54, 1.807) is 0 Å². The maximum absolute atomic E-state index is 12.4. The molecule has 2 amide bonds. The van der Waals surface area contributed by atoms with Crippen molar-refractivity contribution in [3.8, 4) is 0 Å². The Morgan fingerprint density at radius 1 is 1.33 bits per heavy atom. The van der Waals surface area contributed by atoms with Gasteiger partial charge in [0.1, 0.15) is 0 Å². The number of nitrogens with zero attached hydrogens (tertiary/aromatic N) is 2. The molecule has 1 N–H and O–H groups in total. The molecule has 5 heteroatoms. The molecule has 5 nitrogen and oxygen atoms in total. The highest BCUT2D eigenvalue weighted by Crippen LogP contribution is 2.32. The van der Waals surface area contributed by atoms with E-state index >= 15 is 0 Å². The molecule has 3 rings (SSSR count). The second-order valence-corrected chi connectivity index (χ2v) is 7.05. The lowest BCUT2D eigenvalue weighted by Gasteiger charge is -2.16. The fourth-order valence-electron chi connectivity index (χ4n) is 3.24. The number of benzene rings is 1. The van der Waals surface area contributed by atoms with Gasteiger partial charge in [0, 0.05) is 32.1 Å². The Morgan fingerprint density at radius 2 is 2.08 bits per heavy atom. The van der Waals surface area contributed by atoms with Gasteiger partial charge in [0.2, 0.25) is 11.8 Å². The standard InChI is InChI=1S/C19H27N3O2/c1-3-21(2)12-15-6-4-5-14(9-15)11-20-19(24)16-10-18(23)22(13-16)17-7-8-17/h4-6,9,16-17H,3,7-8,10-13H2,1-2H3,(H,20,24)/t16-/m0/s1. The highest BCUT2D eigenvalue weighted by molar-refractivity contribution is 5.89. The first kappa shape index (κ1) is 17.0. The molecule has 0 spiro atoms. The highest BCUT2D eigenvalue weighted by atomic mass is 16.2. The minimum Gasteiger partial charge on any atom is -0.352 e. The van der Waals surface area contributed by atoms with Crippen LogP contribution < -0.4 is 5.32 Å². The molecule has 1 aliphatic heterocycles. The molecule has 24 heavy (non-hydrogen) atoms. The summed E-state index contributed by atoms with van der Waals surface area (Å²) in [6.07, 6.45) is 2.56. The molecule has 2 fully saturated rings. The highest BCUT2D eigenvalue weighted by Gasteiger charge is 2.41. The van der Waals surface area contributed by atoms with Gasteiger partial charge in [0.05, 0.1) is 5.92 Å². The summed E-state index contributed by atoms with van der Waals surface area (Å²) in [6, 6.07) is 8.73. The van der Waals surface area contributed by atoms with Gasteiger partial charge in [-0.25, -0.2) is 0 Å². The van der Waals surface area contributed by atoms with Crippen LogP contribution in [0.1, 0.15) is 37.3 Å². The molecule has 0 aromatic heterocycles. The molecule has 1 atom stereocenters. The van der Waals surface area contributed by atoms with Crippen molar-refractivity contribution in [2.75, 3.05) is 20.1 Å². The van der Waals surface area contributed by atoms with E-state index in [2.05, 4.69) is 36.3 Å². The first-order valence-corrected chi connectivity index (χ1v) is 8.90. The Kier molecular flexibility index (Phi) is 5.19. The van der Waals surface area contributed by atoms with Crippen molar-refractivity contribution in [1.82, 2.24) is 15.1 Å². The van der Waals surface area contributed by atoms with E-state index in [0.29, 0.717) is 25.6 Å². The van der Waals surface area contributed by atoms with Crippen LogP contribution in [-0.2, 0) is 22.7 Å². The van der Waals surface area contributed by atoms with Crippen molar-refractivity contribution in [3.63, 3.8) is 0 Å². The lowest BCUT2D eigenvalue weighted by atomic mass is 10.1. The molecular formula is C19H27N3O2. The molecule has 0 unspecified atom stereocenters. The van der Waals surface area contributed by atoms with Crippen molar-refractivity contribution >= 4 is 11.8 Å². The Labute approximate surface area is 144 Å². The van der Waals surface area contributed by atoms with Crippen LogP contribution in [0.5, 0.6) is 0 Å². The molecule has 0 bridgehead atoms. The summed E-state index contributed by atoms with van der Waals surface area (Å²) in [5, 5.41) is 3.00. The Bertz CT molecular complexity index is 612. The van der Waals surface area contributed by atoms with Gasteiger partial charge in [-0.2, -0.15) is 0 Å². The largest absolute Gasteiger partial charge is 0.352 e. The third-order valence-corrected chi connectivity index (χ3v) is 4.97. The smallest absolute Gasteiger partial charge is 0.225 e. The van der Waals surface area contributed by atoms with Crippen LogP contribution >= 0.6 is 0 Å². The predicted octanol–water partition coefficient (Wildman–Crippen LogP) is 1.77. The van der Waals surface area contributed by atoms with E-state index in [1.165, 1.54) is 5.56 Å². The average Bonchev–Trinajstić information content (AvgIpc) is 3.35. The average molecular weight is 329 g/mol. The van der Waals surface area contributed by atoms with Gasteiger partial charge in [-0.15, -0.1) is 0 Å². The fraction of sp³-hybridized carbons (Fsp3) is 0.579. The third-order valence-electron chi connectivity index (χ3n) is 4.97. The summed E-state index contributed by atoms with van der Waals surface area (Å²) in [5.41, 5.74) is 2.36. The zero-order valence-corrected chi connectivity index (χ0v) is 14.6. The van der Waals surface area contributed by atoms with E-state index < -0.39 is 0 Å². The minimum absolute atomic E-state index is 0.00239. The second kappa shape index (κ2) is 7.34. The van der Waals surface area contributed by atoms with Crippen LogP contribution in [0.25, 0.3) is 0 Å². The number of hydrogen-bond donors (Lipinski definition) is 1. The molecule has 1 saturated heterocycles. The predicted molar refractivity (Wildman–Crippen MR) is 93.1 cm³/mol. The van der Waals surface area contributed by atoms with Gasteiger partial charge in [0.15, 0.2) is 0 Å². The minimum atomic E-state index is -0.187. The quantitative estimate of drug-likeness (QED) is 0.829. The molecule has 1 heterocycles. The van der Waals surface area contributed by atoms with Crippen LogP contribution in [0.4, 0.5) is 0 Å². The van der Waals surface area contributed by atoms with Gasteiger partial charge in [-0.3, -0.25) is 9.59 Å². The maximum atomic E-state index is 12.4. The van der Waals surface area contributed by atoms with Crippen molar-refractivity contribution in [1.29, 1.82) is 0 Å². The number of rotatable bonds is 7. The Morgan fingerprint density at radius 3 is 2.79 bits per heavy atom. The van der Waals surface area contributed by atoms with Crippen molar-refractivity contribution < 1.29 is 9.59 Å². The first-order chi connectivity index (χ1) is 11.6. The van der Waals surface area contributed by atoms with Gasteiger partial charge >= 0.3 is 0 Å². The van der Waals surface area contributed by atoms with Gasteiger partial charge < -0.3 is 15.1 Å². The molecule has 0 radical (unpaired) electrons. The van der Waals surface area contributed by atoms with Gasteiger partial charge in [-0.1, -0.05) is 31.2 Å². The summed E-state index contributed by atoms with van der Waals surface area (Å²) in [4.78, 5) is 28.5. The Hall–Kier alpha value is -1.88. The van der Waals surface area contributed by atoms with Crippen LogP contribution in [0.3, 0.4) is 0 Å². The molecule has 2 aliphatic rings.